The van der Waals surface area contributed by atoms with Crippen LogP contribution < -0.4 is 0 Å². The maximum absolute atomic E-state index is 5.65. The summed E-state index contributed by atoms with van der Waals surface area (Å²) in [6.45, 7) is 2.02. The maximum atomic E-state index is 5.65. The van der Waals surface area contributed by atoms with Gasteiger partial charge in [-0.05, 0) is 77.6 Å². The van der Waals surface area contributed by atoms with Gasteiger partial charge < -0.3 is 14.9 Å². The molecule has 1 saturated heterocycles. The molecule has 4 aromatic carbocycles. The third-order valence-corrected chi connectivity index (χ3v) is 10.5. The standard InChI is InChI=1S/C48H37N5/c1-5-15-32(16-6-1)44-36-23-24-37(49-36)45(33-17-7-2-8-18-33)39-27-28-41(51-39)47(35-21-11-4-12-22-35)48-43(53-29-13-14-30-53)31-42(52-48)46(34-19-9-3-10-20-34)40-26-25-38(44)50-40/h1-12,15-28,31,50-51H,13-14,29-30H2. The van der Waals surface area contributed by atoms with E-state index in [0.717, 1.165) is 102 Å². The molecule has 0 radical (unpaired) electrons. The highest BCUT2D eigenvalue weighted by Gasteiger charge is 2.27. The van der Waals surface area contributed by atoms with Crippen molar-refractivity contribution in [1.82, 2.24) is 24.8 Å². The Balaban J connectivity index is 1.42. The van der Waals surface area contributed by atoms with Gasteiger partial charge in [-0.3, -0.25) is 0 Å². The van der Waals surface area contributed by atoms with E-state index in [1.54, 1.807) is 0 Å². The number of H-pyrrole nitrogens is 2. The number of benzene rings is 4. The lowest BCUT2D eigenvalue weighted by atomic mass is 10.0. The molecule has 10 rings (SSSR count). The van der Waals surface area contributed by atoms with Crippen LogP contribution in [0.3, 0.4) is 0 Å². The molecule has 2 N–H and O–H groups in total. The van der Waals surface area contributed by atoms with E-state index in [0.29, 0.717) is 0 Å². The first-order valence-electron chi connectivity index (χ1n) is 18.5. The molecule has 0 aliphatic carbocycles. The van der Waals surface area contributed by atoms with Crippen molar-refractivity contribution in [1.29, 1.82) is 0 Å². The summed E-state index contributed by atoms with van der Waals surface area (Å²) >= 11 is 0. The van der Waals surface area contributed by atoms with Crippen LogP contribution in [0.25, 0.3) is 90.5 Å². The molecule has 0 atom stereocenters. The molecule has 53 heavy (non-hydrogen) atoms. The topological polar surface area (TPSA) is 60.6 Å². The zero-order valence-corrected chi connectivity index (χ0v) is 29.3. The third kappa shape index (κ3) is 5.58. The van der Waals surface area contributed by atoms with Gasteiger partial charge in [-0.1, -0.05) is 121 Å². The van der Waals surface area contributed by atoms with Crippen LogP contribution in [-0.4, -0.2) is 37.9 Å². The minimum Gasteiger partial charge on any atom is -0.370 e. The summed E-state index contributed by atoms with van der Waals surface area (Å²) in [5.41, 5.74) is 17.6. The average molecular weight is 684 g/mol. The van der Waals surface area contributed by atoms with Crippen LogP contribution in [0.15, 0.2) is 146 Å². The summed E-state index contributed by atoms with van der Waals surface area (Å²) in [6, 6.07) is 51.3. The fraction of sp³-hybridized carbons (Fsp3) is 0.0833. The van der Waals surface area contributed by atoms with Crippen LogP contribution >= 0.6 is 0 Å². The van der Waals surface area contributed by atoms with Crippen molar-refractivity contribution in [3.63, 3.8) is 0 Å². The Hall–Kier alpha value is -6.72. The number of hydrogen-bond donors (Lipinski definition) is 2. The predicted molar refractivity (Wildman–Crippen MR) is 220 cm³/mol. The van der Waals surface area contributed by atoms with Crippen molar-refractivity contribution in [2.75, 3.05) is 13.1 Å². The lowest BCUT2D eigenvalue weighted by Crippen LogP contribution is -2.17. The van der Waals surface area contributed by atoms with E-state index in [2.05, 4.69) is 179 Å². The van der Waals surface area contributed by atoms with Gasteiger partial charge in [0.05, 0.1) is 28.5 Å². The maximum Gasteiger partial charge on any atom is 0.0970 e. The normalized spacial score (nSPS) is 13.7. The second-order valence-electron chi connectivity index (χ2n) is 13.8. The Bertz CT molecular complexity index is 2700. The van der Waals surface area contributed by atoms with Crippen LogP contribution in [-0.2, 0) is 0 Å². The average Bonchev–Trinajstić information content (AvgIpc) is 4.07. The van der Waals surface area contributed by atoms with Crippen LogP contribution in [0.2, 0.25) is 0 Å². The Morgan fingerprint density at radius 3 is 1.21 bits per heavy atom. The molecule has 3 aromatic heterocycles. The zero-order chi connectivity index (χ0) is 35.1. The molecule has 3 aliphatic rings. The first kappa shape index (κ1) is 31.1. The molecular weight excluding hydrogens is 647 g/mol. The number of rotatable bonds is 5. The predicted octanol–water partition coefficient (Wildman–Crippen LogP) is 11.7. The first-order chi connectivity index (χ1) is 26.3. The second-order valence-corrected chi connectivity index (χ2v) is 13.8. The summed E-state index contributed by atoms with van der Waals surface area (Å²) in [6.07, 6.45) is 8.97. The Morgan fingerprint density at radius 2 is 0.774 bits per heavy atom. The molecule has 0 spiro atoms. The van der Waals surface area contributed by atoms with Crippen LogP contribution in [0, 0.1) is 0 Å². The molecular formula is C48H37N5. The lowest BCUT2D eigenvalue weighted by Gasteiger charge is -2.20. The Morgan fingerprint density at radius 1 is 0.396 bits per heavy atom. The van der Waals surface area contributed by atoms with E-state index in [4.69, 9.17) is 9.97 Å². The van der Waals surface area contributed by atoms with Crippen molar-refractivity contribution in [3.05, 3.63) is 168 Å². The molecule has 7 aromatic rings. The van der Waals surface area contributed by atoms with Gasteiger partial charge in [0.25, 0.3) is 0 Å². The molecule has 0 saturated carbocycles. The van der Waals surface area contributed by atoms with Crippen molar-refractivity contribution in [3.8, 4) is 44.5 Å². The number of aromatic nitrogens is 4. The molecule has 5 heteroatoms. The van der Waals surface area contributed by atoms with Crippen molar-refractivity contribution in [2.45, 2.75) is 12.8 Å². The van der Waals surface area contributed by atoms with E-state index < -0.39 is 0 Å². The Kier molecular flexibility index (Phi) is 7.68. The smallest absolute Gasteiger partial charge is 0.0970 e. The SMILES string of the molecule is C1=Cc2nc1c(-c1ccccc1)c1ccc([nH]1)c(-c1ccccc1)c1nc(c(-c3ccccc3)c3ccc([nH]3)c2-c2ccccc2)C(N2CCCC2)=C1. The van der Waals surface area contributed by atoms with Crippen LogP contribution in [0.4, 0.5) is 0 Å². The molecule has 1 fully saturated rings. The minimum atomic E-state index is 0.912. The van der Waals surface area contributed by atoms with E-state index in [1.807, 2.05) is 0 Å². The van der Waals surface area contributed by atoms with E-state index in [1.165, 1.54) is 18.5 Å². The summed E-state index contributed by atoms with van der Waals surface area (Å²) in [7, 11) is 0. The summed E-state index contributed by atoms with van der Waals surface area (Å²) in [5, 5.41) is 0. The number of nitrogens with one attached hydrogen (secondary N) is 2. The highest BCUT2D eigenvalue weighted by Crippen LogP contribution is 2.41. The molecule has 5 nitrogen and oxygen atoms in total. The highest BCUT2D eigenvalue weighted by atomic mass is 15.2. The van der Waals surface area contributed by atoms with Gasteiger partial charge in [-0.15, -0.1) is 0 Å². The fourth-order valence-electron chi connectivity index (χ4n) is 8.10. The number of aromatic amines is 2. The number of nitrogens with zero attached hydrogens (tertiary/aromatic N) is 3. The summed E-state index contributed by atoms with van der Waals surface area (Å²) in [4.78, 5) is 21.4. The van der Waals surface area contributed by atoms with Gasteiger partial charge >= 0.3 is 0 Å². The highest BCUT2D eigenvalue weighted by molar-refractivity contribution is 6.01. The van der Waals surface area contributed by atoms with E-state index >= 15 is 0 Å². The summed E-state index contributed by atoms with van der Waals surface area (Å²) in [5.74, 6) is 0. The molecule has 0 unspecified atom stereocenters. The molecule has 0 amide bonds. The summed E-state index contributed by atoms with van der Waals surface area (Å²) < 4.78 is 0. The second kappa shape index (κ2) is 13.1. The molecule has 6 heterocycles. The minimum absolute atomic E-state index is 0.912. The molecule has 3 aliphatic heterocycles. The lowest BCUT2D eigenvalue weighted by molar-refractivity contribution is 0.495. The largest absolute Gasteiger partial charge is 0.370 e. The number of hydrogen-bond acceptors (Lipinski definition) is 3. The van der Waals surface area contributed by atoms with Gasteiger partial charge in [0, 0.05) is 57.4 Å². The Labute approximate surface area is 308 Å². The molecule has 8 bridgehead atoms. The van der Waals surface area contributed by atoms with Gasteiger partial charge in [0.15, 0.2) is 0 Å². The monoisotopic (exact) mass is 683 g/mol. The van der Waals surface area contributed by atoms with Gasteiger partial charge in [-0.2, -0.15) is 0 Å². The zero-order valence-electron chi connectivity index (χ0n) is 29.3. The fourth-order valence-corrected chi connectivity index (χ4v) is 8.10. The van der Waals surface area contributed by atoms with Gasteiger partial charge in [0.2, 0.25) is 0 Å². The van der Waals surface area contributed by atoms with Crippen molar-refractivity contribution >= 4 is 46.0 Å². The number of likely N-dealkylation sites (tertiary alicyclic amines) is 1. The molecule has 254 valence electrons. The third-order valence-electron chi connectivity index (χ3n) is 10.5. The quantitative estimate of drug-likeness (QED) is 0.190. The van der Waals surface area contributed by atoms with Gasteiger partial charge in [-0.25, -0.2) is 9.97 Å². The first-order valence-corrected chi connectivity index (χ1v) is 18.5. The van der Waals surface area contributed by atoms with E-state index in [-0.39, 0.29) is 0 Å². The van der Waals surface area contributed by atoms with E-state index in [9.17, 15) is 0 Å². The van der Waals surface area contributed by atoms with Gasteiger partial charge in [0.1, 0.15) is 0 Å². The van der Waals surface area contributed by atoms with Crippen LogP contribution in [0.1, 0.15) is 35.6 Å². The number of fused-ring (bicyclic) bond motifs is 8. The van der Waals surface area contributed by atoms with Crippen molar-refractivity contribution < 1.29 is 0 Å². The van der Waals surface area contributed by atoms with Crippen molar-refractivity contribution in [2.24, 2.45) is 0 Å². The van der Waals surface area contributed by atoms with Crippen LogP contribution in [0.5, 0.6) is 0 Å².